The number of hydrogen-bond donors (Lipinski definition) is 3. The average Bonchev–Trinajstić information content (AvgIpc) is 2.77. The molecule has 0 aromatic heterocycles. The van der Waals surface area contributed by atoms with Crippen molar-refractivity contribution in [3.05, 3.63) is 71.0 Å². The van der Waals surface area contributed by atoms with E-state index in [4.69, 9.17) is 15.6 Å². The number of nitrogens with zero attached hydrogens (tertiary/aromatic N) is 1. The molecule has 4 N–H and O–H groups in total. The second kappa shape index (κ2) is 13.4. The van der Waals surface area contributed by atoms with Gasteiger partial charge in [0.25, 0.3) is 6.02 Å². The number of halogens is 1. The van der Waals surface area contributed by atoms with Gasteiger partial charge in [-0.3, -0.25) is 0 Å². The summed E-state index contributed by atoms with van der Waals surface area (Å²) in [5.41, 5.74) is 8.13. The van der Waals surface area contributed by atoms with Gasteiger partial charge in [-0.15, -0.1) is 4.40 Å². The van der Waals surface area contributed by atoms with Crippen LogP contribution in [-0.4, -0.2) is 46.4 Å². The van der Waals surface area contributed by atoms with E-state index in [-0.39, 0.29) is 23.7 Å². The summed E-state index contributed by atoms with van der Waals surface area (Å²) in [6.07, 6.45) is 4.08. The SMILES string of the molecule is CNCCCc1ccc(CC2S(=O)N=C(N)OC2(C)C)cc1.OCCCc1ccccc1F. The van der Waals surface area contributed by atoms with Gasteiger partial charge in [0.1, 0.15) is 11.4 Å². The zero-order chi connectivity index (χ0) is 24.3. The summed E-state index contributed by atoms with van der Waals surface area (Å²) >= 11 is 0. The Morgan fingerprint density at radius 3 is 2.39 bits per heavy atom. The molecule has 8 heteroatoms. The highest BCUT2D eigenvalue weighted by molar-refractivity contribution is 7.84. The van der Waals surface area contributed by atoms with Crippen molar-refractivity contribution < 1.29 is 18.4 Å². The van der Waals surface area contributed by atoms with Gasteiger partial charge in [-0.05, 0) is 82.3 Å². The highest BCUT2D eigenvalue weighted by atomic mass is 32.2. The van der Waals surface area contributed by atoms with Gasteiger partial charge < -0.3 is 20.9 Å². The summed E-state index contributed by atoms with van der Waals surface area (Å²) in [7, 11) is 0.605. The predicted molar refractivity (Wildman–Crippen MR) is 133 cm³/mol. The molecule has 2 aromatic rings. The van der Waals surface area contributed by atoms with Crippen molar-refractivity contribution in [1.29, 1.82) is 0 Å². The van der Waals surface area contributed by atoms with Crippen LogP contribution in [-0.2, 0) is 35.0 Å². The molecule has 0 saturated heterocycles. The van der Waals surface area contributed by atoms with E-state index in [2.05, 4.69) is 34.0 Å². The van der Waals surface area contributed by atoms with Gasteiger partial charge in [-0.1, -0.05) is 42.5 Å². The number of nitrogens with two attached hydrogens (primary N) is 1. The average molecular weight is 478 g/mol. The highest BCUT2D eigenvalue weighted by Gasteiger charge is 2.40. The molecule has 2 atom stereocenters. The normalized spacial score (nSPS) is 19.1. The Balaban J connectivity index is 0.000000294. The van der Waals surface area contributed by atoms with E-state index < -0.39 is 16.6 Å². The molecule has 0 fully saturated rings. The Morgan fingerprint density at radius 1 is 1.12 bits per heavy atom. The van der Waals surface area contributed by atoms with Gasteiger partial charge in [0.15, 0.2) is 11.0 Å². The van der Waals surface area contributed by atoms with Gasteiger partial charge in [0.05, 0.1) is 5.25 Å². The maximum atomic E-state index is 12.8. The van der Waals surface area contributed by atoms with Crippen LogP contribution in [0.3, 0.4) is 0 Å². The van der Waals surface area contributed by atoms with E-state index >= 15 is 0 Å². The molecule has 0 aliphatic carbocycles. The molecule has 2 aromatic carbocycles. The van der Waals surface area contributed by atoms with Crippen molar-refractivity contribution in [1.82, 2.24) is 5.32 Å². The number of rotatable bonds is 9. The van der Waals surface area contributed by atoms with Crippen molar-refractivity contribution in [3.8, 4) is 0 Å². The monoisotopic (exact) mass is 477 g/mol. The Morgan fingerprint density at radius 2 is 1.79 bits per heavy atom. The first kappa shape index (κ1) is 27.0. The fourth-order valence-corrected chi connectivity index (χ4v) is 4.77. The number of aryl methyl sites for hydroxylation is 2. The van der Waals surface area contributed by atoms with Crippen molar-refractivity contribution in [2.45, 2.75) is 56.8 Å². The minimum atomic E-state index is -1.36. The quantitative estimate of drug-likeness (QED) is 0.482. The van der Waals surface area contributed by atoms with Crippen LogP contribution in [0.15, 0.2) is 52.9 Å². The molecule has 0 spiro atoms. The van der Waals surface area contributed by atoms with Crippen molar-refractivity contribution >= 4 is 17.0 Å². The van der Waals surface area contributed by atoms with Gasteiger partial charge in [-0.2, -0.15) is 0 Å². The number of amidine groups is 1. The van der Waals surface area contributed by atoms with Crippen LogP contribution < -0.4 is 11.1 Å². The van der Waals surface area contributed by atoms with E-state index in [9.17, 15) is 8.60 Å². The van der Waals surface area contributed by atoms with E-state index in [0.717, 1.165) is 24.9 Å². The molecule has 2 unspecified atom stereocenters. The molecule has 6 nitrogen and oxygen atoms in total. The van der Waals surface area contributed by atoms with Crippen LogP contribution in [0.4, 0.5) is 4.39 Å². The minimum Gasteiger partial charge on any atom is -0.457 e. The first-order chi connectivity index (χ1) is 15.8. The fraction of sp³-hybridized carbons (Fsp3) is 0.480. The summed E-state index contributed by atoms with van der Waals surface area (Å²) in [5, 5.41) is 11.4. The number of aliphatic hydroxyl groups is 1. The van der Waals surface area contributed by atoms with Crippen molar-refractivity contribution in [2.24, 2.45) is 10.1 Å². The van der Waals surface area contributed by atoms with E-state index in [1.807, 2.05) is 20.9 Å². The molecule has 1 heterocycles. The number of ether oxygens (including phenoxy) is 1. The summed E-state index contributed by atoms with van der Waals surface area (Å²) in [5.74, 6) is -0.180. The van der Waals surface area contributed by atoms with Crippen LogP contribution in [0.25, 0.3) is 0 Å². The lowest BCUT2D eigenvalue weighted by Gasteiger charge is -2.35. The van der Waals surface area contributed by atoms with Gasteiger partial charge in [0.2, 0.25) is 0 Å². The largest absolute Gasteiger partial charge is 0.457 e. The van der Waals surface area contributed by atoms with E-state index in [0.29, 0.717) is 24.8 Å². The van der Waals surface area contributed by atoms with Crippen LogP contribution in [0.5, 0.6) is 0 Å². The summed E-state index contributed by atoms with van der Waals surface area (Å²) in [6.45, 7) is 4.95. The zero-order valence-corrected chi connectivity index (χ0v) is 20.5. The van der Waals surface area contributed by atoms with E-state index in [1.54, 1.807) is 18.2 Å². The van der Waals surface area contributed by atoms with Crippen LogP contribution in [0, 0.1) is 5.82 Å². The molecule has 1 aliphatic heterocycles. The number of aliphatic hydroxyl groups excluding tert-OH is 1. The maximum Gasteiger partial charge on any atom is 0.296 e. The minimum absolute atomic E-state index is 0.0134. The van der Waals surface area contributed by atoms with Gasteiger partial charge >= 0.3 is 0 Å². The van der Waals surface area contributed by atoms with E-state index in [1.165, 1.54) is 11.6 Å². The molecule has 182 valence electrons. The van der Waals surface area contributed by atoms with Crippen molar-refractivity contribution in [3.63, 3.8) is 0 Å². The predicted octanol–water partition coefficient (Wildman–Crippen LogP) is 3.29. The number of hydrogen-bond acceptors (Lipinski definition) is 5. The molecular weight excluding hydrogens is 441 g/mol. The lowest BCUT2D eigenvalue weighted by molar-refractivity contribution is 0.0848. The van der Waals surface area contributed by atoms with Crippen LogP contribution >= 0.6 is 0 Å². The molecule has 33 heavy (non-hydrogen) atoms. The number of benzene rings is 2. The Kier molecular flexibility index (Phi) is 11.0. The van der Waals surface area contributed by atoms with Crippen LogP contribution in [0.2, 0.25) is 0 Å². The highest BCUT2D eigenvalue weighted by Crippen LogP contribution is 2.27. The lowest BCUT2D eigenvalue weighted by atomic mass is 9.96. The second-order valence-corrected chi connectivity index (χ2v) is 9.85. The summed E-state index contributed by atoms with van der Waals surface area (Å²) in [4.78, 5) is 0. The summed E-state index contributed by atoms with van der Waals surface area (Å²) in [6, 6.07) is 15.1. The molecule has 0 amide bonds. The van der Waals surface area contributed by atoms with Crippen molar-refractivity contribution in [2.75, 3.05) is 20.2 Å². The number of nitrogens with one attached hydrogen (secondary N) is 1. The zero-order valence-electron chi connectivity index (χ0n) is 19.7. The van der Waals surface area contributed by atoms with Gasteiger partial charge in [0, 0.05) is 6.61 Å². The van der Waals surface area contributed by atoms with Crippen LogP contribution in [0.1, 0.15) is 43.4 Å². The third kappa shape index (κ3) is 8.87. The summed E-state index contributed by atoms with van der Waals surface area (Å²) < 4.78 is 34.5. The molecule has 0 bridgehead atoms. The first-order valence-corrected chi connectivity index (χ1v) is 12.4. The standard InChI is InChI=1S/C16H25N3O2S.C9H11FO/c1-16(2)14(22(20)19-15(17)21-16)11-13-8-6-12(7-9-13)5-4-10-18-3;10-9-6-2-1-4-8(9)5-3-7-11/h6-9,14,18H,4-5,10-11H2,1-3H3,(H2,17,19);1-2,4,6,11H,3,5,7H2. The molecule has 0 radical (unpaired) electrons. The third-order valence-corrected chi connectivity index (χ3v) is 7.05. The van der Waals surface area contributed by atoms with Gasteiger partial charge in [-0.25, -0.2) is 8.60 Å². The Labute approximate surface area is 199 Å². The molecule has 1 aliphatic rings. The molecule has 3 rings (SSSR count). The maximum absolute atomic E-state index is 12.8. The Hall–Kier alpha value is -2.29. The third-order valence-electron chi connectivity index (χ3n) is 5.46. The second-order valence-electron chi connectivity index (χ2n) is 8.55. The molecular formula is C25H36FN3O3S. The topological polar surface area (TPSA) is 96.9 Å². The lowest BCUT2D eigenvalue weighted by Crippen LogP contribution is -2.49. The first-order valence-electron chi connectivity index (χ1n) is 11.3. The Bertz CT molecular complexity index is 919. The fourth-order valence-electron chi connectivity index (χ4n) is 3.56. The smallest absolute Gasteiger partial charge is 0.296 e. The molecule has 0 saturated carbocycles.